The molecule has 53 heavy (non-hydrogen) atoms. The molecule has 3 nitrogen and oxygen atoms in total. The van der Waals surface area contributed by atoms with Gasteiger partial charge in [-0.3, -0.25) is 0 Å². The van der Waals surface area contributed by atoms with Gasteiger partial charge in [0.2, 0.25) is 0 Å². The molecule has 8 aromatic carbocycles. The lowest BCUT2D eigenvalue weighted by Crippen LogP contribution is -2.60. The maximum Gasteiger partial charge on any atom is 0.256 e. The quantitative estimate of drug-likeness (QED) is 0.172. The van der Waals surface area contributed by atoms with Gasteiger partial charge in [0.15, 0.2) is 0 Å². The summed E-state index contributed by atoms with van der Waals surface area (Å²) in [6.45, 7) is 4.89. The molecule has 3 aliphatic rings. The highest BCUT2D eigenvalue weighted by molar-refractivity contribution is 6.99. The van der Waals surface area contributed by atoms with E-state index in [0.717, 1.165) is 28.6 Å². The van der Waals surface area contributed by atoms with Crippen molar-refractivity contribution in [3.63, 3.8) is 0 Å². The Morgan fingerprint density at radius 1 is 0.566 bits per heavy atom. The minimum Gasteiger partial charge on any atom is -0.458 e. The second-order valence-corrected chi connectivity index (χ2v) is 14.9. The Morgan fingerprint density at radius 3 is 1.87 bits per heavy atom. The number of hydrogen-bond donors (Lipinski definition) is 0. The van der Waals surface area contributed by atoms with Crippen LogP contribution >= 0.6 is 0 Å². The van der Waals surface area contributed by atoms with Gasteiger partial charge < -0.3 is 14.5 Å². The summed E-state index contributed by atoms with van der Waals surface area (Å²) in [5.41, 5.74) is 15.6. The minimum atomic E-state index is -0.353. The number of anilines is 6. The predicted octanol–water partition coefficient (Wildman–Crippen LogP) is 11.0. The van der Waals surface area contributed by atoms with Gasteiger partial charge in [0.05, 0.1) is 5.69 Å². The number of rotatable bonds is 4. The van der Waals surface area contributed by atoms with Crippen LogP contribution in [0.3, 0.4) is 0 Å². The molecule has 0 amide bonds. The molecule has 2 heterocycles. The largest absolute Gasteiger partial charge is 0.458 e. The van der Waals surface area contributed by atoms with Crippen LogP contribution in [0.1, 0.15) is 25.0 Å². The van der Waals surface area contributed by atoms with E-state index in [4.69, 9.17) is 4.74 Å². The highest BCUT2D eigenvalue weighted by Gasteiger charge is 2.49. The van der Waals surface area contributed by atoms with Crippen molar-refractivity contribution in [3.05, 3.63) is 187 Å². The second kappa shape index (κ2) is 11.2. The van der Waals surface area contributed by atoms with Crippen LogP contribution in [0.15, 0.2) is 176 Å². The van der Waals surface area contributed by atoms with Crippen LogP contribution in [0, 0.1) is 0 Å². The van der Waals surface area contributed by atoms with Crippen LogP contribution in [-0.2, 0) is 5.41 Å². The lowest BCUT2D eigenvalue weighted by Gasteiger charge is -2.42. The summed E-state index contributed by atoms with van der Waals surface area (Å²) in [5, 5.41) is 2.45. The third-order valence-electron chi connectivity index (χ3n) is 11.6. The van der Waals surface area contributed by atoms with Crippen LogP contribution in [0.5, 0.6) is 11.5 Å². The molecule has 0 radical (unpaired) electrons. The molecule has 2 aliphatic heterocycles. The lowest BCUT2D eigenvalue weighted by atomic mass is 9.34. The normalized spacial score (nSPS) is 14.1. The maximum atomic E-state index is 6.99. The van der Waals surface area contributed by atoms with Gasteiger partial charge in [0.1, 0.15) is 11.5 Å². The van der Waals surface area contributed by atoms with Crippen molar-refractivity contribution in [2.45, 2.75) is 19.3 Å². The zero-order chi connectivity index (χ0) is 35.3. The molecule has 0 saturated heterocycles. The molecule has 0 N–H and O–H groups in total. The smallest absolute Gasteiger partial charge is 0.256 e. The van der Waals surface area contributed by atoms with Crippen LogP contribution in [0.4, 0.5) is 34.1 Å². The Balaban J connectivity index is 1.25. The summed E-state index contributed by atoms with van der Waals surface area (Å²) in [6.07, 6.45) is 0. The van der Waals surface area contributed by atoms with Crippen LogP contribution in [0.2, 0.25) is 0 Å². The standard InChI is InChI=1S/C49H35BN2O/c1-49(2)38-31-42(51(32-18-6-3-7-19-32)33-20-8-4-9-21-33)35-24-12-13-25-36(35)45(38)37-30-44-47-48(46(37)49)52(34-22-10-5-11-23-34)41-28-16-14-26-39(41)50(47)40-27-15-17-29-43(40)53-44/h3-31H,1-2H3. The first kappa shape index (κ1) is 30.1. The van der Waals surface area contributed by atoms with E-state index < -0.39 is 0 Å². The lowest BCUT2D eigenvalue weighted by molar-refractivity contribution is 0.487. The van der Waals surface area contributed by atoms with Crippen molar-refractivity contribution in [2.75, 3.05) is 9.80 Å². The van der Waals surface area contributed by atoms with Crippen molar-refractivity contribution in [2.24, 2.45) is 0 Å². The molecular formula is C49H35BN2O. The Kier molecular flexibility index (Phi) is 6.39. The number of hydrogen-bond acceptors (Lipinski definition) is 3. The maximum absolute atomic E-state index is 6.99. The van der Waals surface area contributed by atoms with Crippen molar-refractivity contribution in [1.82, 2.24) is 0 Å². The van der Waals surface area contributed by atoms with E-state index in [1.165, 1.54) is 66.5 Å². The number of nitrogens with zero attached hydrogens (tertiary/aromatic N) is 2. The second-order valence-electron chi connectivity index (χ2n) is 14.9. The summed E-state index contributed by atoms with van der Waals surface area (Å²) in [4.78, 5) is 4.93. The van der Waals surface area contributed by atoms with Crippen molar-refractivity contribution < 1.29 is 4.74 Å². The fraction of sp³-hybridized carbons (Fsp3) is 0.0612. The summed E-state index contributed by atoms with van der Waals surface area (Å²) >= 11 is 0. The van der Waals surface area contributed by atoms with Gasteiger partial charge in [0, 0.05) is 39.2 Å². The first-order valence-corrected chi connectivity index (χ1v) is 18.5. The average molecular weight is 679 g/mol. The third kappa shape index (κ3) is 4.24. The highest BCUT2D eigenvalue weighted by Crippen LogP contribution is 2.59. The molecule has 0 aromatic heterocycles. The average Bonchev–Trinajstić information content (AvgIpc) is 3.44. The Morgan fingerprint density at radius 2 is 1.15 bits per heavy atom. The van der Waals surface area contributed by atoms with Crippen molar-refractivity contribution >= 4 is 68.0 Å². The topological polar surface area (TPSA) is 15.7 Å². The van der Waals surface area contributed by atoms with E-state index in [1.807, 2.05) is 0 Å². The van der Waals surface area contributed by atoms with E-state index in [2.05, 4.69) is 200 Å². The minimum absolute atomic E-state index is 0.0462. The van der Waals surface area contributed by atoms with Crippen LogP contribution < -0.4 is 30.9 Å². The molecule has 8 aromatic rings. The molecule has 250 valence electrons. The summed E-state index contributed by atoms with van der Waals surface area (Å²) < 4.78 is 6.99. The Bertz CT molecular complexity index is 2700. The molecule has 11 rings (SSSR count). The zero-order valence-electron chi connectivity index (χ0n) is 29.6. The van der Waals surface area contributed by atoms with E-state index in [0.29, 0.717) is 0 Å². The number of para-hydroxylation sites is 5. The molecule has 1 aliphatic carbocycles. The first-order chi connectivity index (χ1) is 26.1. The number of fused-ring (bicyclic) bond motifs is 10. The van der Waals surface area contributed by atoms with E-state index >= 15 is 0 Å². The Labute approximate surface area is 310 Å². The first-order valence-electron chi connectivity index (χ1n) is 18.5. The molecule has 0 atom stereocenters. The SMILES string of the molecule is CC1(C)c2cc(N(c3ccccc3)c3ccccc3)c3ccccc3c2-c2cc3c4c(c21)N(c1ccccc1)c1ccccc1B4c1ccccc1O3. The van der Waals surface area contributed by atoms with Crippen LogP contribution in [0.25, 0.3) is 21.9 Å². The predicted molar refractivity (Wildman–Crippen MR) is 222 cm³/mol. The van der Waals surface area contributed by atoms with Gasteiger partial charge in [-0.25, -0.2) is 0 Å². The van der Waals surface area contributed by atoms with Crippen molar-refractivity contribution in [1.29, 1.82) is 0 Å². The van der Waals surface area contributed by atoms with E-state index in [1.54, 1.807) is 0 Å². The van der Waals surface area contributed by atoms with Gasteiger partial charge >= 0.3 is 0 Å². The van der Waals surface area contributed by atoms with Gasteiger partial charge in [-0.05, 0) is 105 Å². The van der Waals surface area contributed by atoms with Crippen molar-refractivity contribution in [3.8, 4) is 22.6 Å². The monoisotopic (exact) mass is 678 g/mol. The number of ether oxygens (including phenoxy) is 1. The number of benzene rings is 8. The zero-order valence-corrected chi connectivity index (χ0v) is 29.6. The molecule has 0 spiro atoms. The van der Waals surface area contributed by atoms with Gasteiger partial charge in [-0.15, -0.1) is 0 Å². The summed E-state index contributed by atoms with van der Waals surface area (Å²) in [5.74, 6) is 1.86. The third-order valence-corrected chi connectivity index (χ3v) is 11.6. The molecule has 0 fully saturated rings. The fourth-order valence-electron chi connectivity index (χ4n) is 9.44. The molecule has 4 heteroatoms. The highest BCUT2D eigenvalue weighted by atomic mass is 16.5. The van der Waals surface area contributed by atoms with E-state index in [9.17, 15) is 0 Å². The molecule has 0 saturated carbocycles. The van der Waals surface area contributed by atoms with Gasteiger partial charge in [-0.2, -0.15) is 0 Å². The fourth-order valence-corrected chi connectivity index (χ4v) is 9.44. The van der Waals surface area contributed by atoms with Gasteiger partial charge in [0.25, 0.3) is 6.71 Å². The Hall–Kier alpha value is -6.52. The van der Waals surface area contributed by atoms with Crippen LogP contribution in [-0.4, -0.2) is 6.71 Å². The molecular weight excluding hydrogens is 643 g/mol. The molecule has 0 unspecified atom stereocenters. The van der Waals surface area contributed by atoms with Gasteiger partial charge in [-0.1, -0.05) is 129 Å². The summed E-state index contributed by atoms with van der Waals surface area (Å²) in [6, 6.07) is 63.7. The molecule has 0 bridgehead atoms. The van der Waals surface area contributed by atoms with E-state index in [-0.39, 0.29) is 12.1 Å². The summed E-state index contributed by atoms with van der Waals surface area (Å²) in [7, 11) is 0.